The molecule has 2 aliphatic heterocycles. The molecule has 0 aliphatic carbocycles. The van der Waals surface area contributed by atoms with Gasteiger partial charge in [0.1, 0.15) is 0 Å². The van der Waals surface area contributed by atoms with E-state index >= 15 is 0 Å². The Labute approximate surface area is 120 Å². The van der Waals surface area contributed by atoms with Gasteiger partial charge in [0.05, 0.1) is 0 Å². The summed E-state index contributed by atoms with van der Waals surface area (Å²) in [5, 5.41) is 3.32. The number of aryl methyl sites for hydroxylation is 1. The smallest absolute Gasteiger partial charge is 0.226 e. The third-order valence-electron chi connectivity index (χ3n) is 4.50. The molecule has 108 valence electrons. The molecule has 1 fully saturated rings. The zero-order valence-electron chi connectivity index (χ0n) is 12.2. The minimum atomic E-state index is 0.222. The van der Waals surface area contributed by atoms with Gasteiger partial charge in [0.25, 0.3) is 0 Å². The van der Waals surface area contributed by atoms with E-state index in [0.29, 0.717) is 5.91 Å². The molecule has 2 aliphatic rings. The van der Waals surface area contributed by atoms with E-state index < -0.39 is 0 Å². The number of hydrogen-bond acceptors (Lipinski definition) is 3. The Balaban J connectivity index is 1.72. The molecule has 0 bridgehead atoms. The van der Waals surface area contributed by atoms with Crippen molar-refractivity contribution in [1.82, 2.24) is 15.2 Å². The molecule has 4 nitrogen and oxygen atoms in total. The lowest BCUT2D eigenvalue weighted by atomic mass is 9.94. The van der Waals surface area contributed by atoms with Gasteiger partial charge >= 0.3 is 0 Å². The Morgan fingerprint density at radius 1 is 1.45 bits per heavy atom. The Bertz CT molecular complexity index is 494. The van der Waals surface area contributed by atoms with Crippen LogP contribution in [-0.2, 0) is 24.2 Å². The van der Waals surface area contributed by atoms with Crippen LogP contribution in [0.4, 0.5) is 0 Å². The van der Waals surface area contributed by atoms with Gasteiger partial charge in [-0.2, -0.15) is 0 Å². The van der Waals surface area contributed by atoms with Gasteiger partial charge in [0.15, 0.2) is 0 Å². The number of aromatic nitrogens is 1. The molecule has 0 aromatic carbocycles. The van der Waals surface area contributed by atoms with Gasteiger partial charge in [-0.1, -0.05) is 13.0 Å². The molecule has 0 radical (unpaired) electrons. The first-order chi connectivity index (χ1) is 9.78. The van der Waals surface area contributed by atoms with Gasteiger partial charge in [0, 0.05) is 37.3 Å². The number of rotatable bonds is 2. The van der Waals surface area contributed by atoms with Crippen molar-refractivity contribution in [2.45, 2.75) is 39.2 Å². The van der Waals surface area contributed by atoms with Crippen molar-refractivity contribution in [3.63, 3.8) is 0 Å². The first kappa shape index (κ1) is 13.6. The van der Waals surface area contributed by atoms with E-state index in [1.807, 2.05) is 11.1 Å². The second-order valence-electron chi connectivity index (χ2n) is 5.84. The zero-order chi connectivity index (χ0) is 13.9. The van der Waals surface area contributed by atoms with Crippen LogP contribution < -0.4 is 5.32 Å². The molecule has 4 heteroatoms. The SMILES string of the molecule is CCc1cnc2c(c1)CN(C(=O)C1CCNCC1)CC2. The van der Waals surface area contributed by atoms with Crippen LogP contribution in [0.3, 0.4) is 0 Å². The topological polar surface area (TPSA) is 45.2 Å². The van der Waals surface area contributed by atoms with E-state index in [2.05, 4.69) is 23.3 Å². The summed E-state index contributed by atoms with van der Waals surface area (Å²) in [6.45, 7) is 5.67. The van der Waals surface area contributed by atoms with Gasteiger partial charge in [-0.25, -0.2) is 0 Å². The third kappa shape index (κ3) is 2.70. The zero-order valence-corrected chi connectivity index (χ0v) is 12.2. The summed E-state index contributed by atoms with van der Waals surface area (Å²) in [5.74, 6) is 0.569. The lowest BCUT2D eigenvalue weighted by molar-refractivity contribution is -0.137. The molecule has 0 spiro atoms. The number of nitrogens with one attached hydrogen (secondary N) is 1. The van der Waals surface area contributed by atoms with Gasteiger partial charge in [-0.15, -0.1) is 0 Å². The largest absolute Gasteiger partial charge is 0.338 e. The van der Waals surface area contributed by atoms with Crippen LogP contribution in [-0.4, -0.2) is 35.4 Å². The van der Waals surface area contributed by atoms with Crippen LogP contribution >= 0.6 is 0 Å². The summed E-state index contributed by atoms with van der Waals surface area (Å²) in [6, 6.07) is 2.23. The van der Waals surface area contributed by atoms with Crippen molar-refractivity contribution >= 4 is 5.91 Å². The van der Waals surface area contributed by atoms with E-state index in [0.717, 1.165) is 51.9 Å². The molecular weight excluding hydrogens is 250 g/mol. The van der Waals surface area contributed by atoms with Crippen LogP contribution in [0.2, 0.25) is 0 Å². The van der Waals surface area contributed by atoms with Crippen molar-refractivity contribution in [2.75, 3.05) is 19.6 Å². The molecule has 0 saturated carbocycles. The van der Waals surface area contributed by atoms with Gasteiger partial charge in [-0.3, -0.25) is 9.78 Å². The number of nitrogens with zero attached hydrogens (tertiary/aromatic N) is 2. The van der Waals surface area contributed by atoms with E-state index in [9.17, 15) is 4.79 Å². The van der Waals surface area contributed by atoms with Crippen molar-refractivity contribution in [1.29, 1.82) is 0 Å². The summed E-state index contributed by atoms with van der Waals surface area (Å²) >= 11 is 0. The Kier molecular flexibility index (Phi) is 4.01. The molecule has 3 heterocycles. The molecule has 20 heavy (non-hydrogen) atoms. The predicted molar refractivity (Wildman–Crippen MR) is 78.3 cm³/mol. The quantitative estimate of drug-likeness (QED) is 0.889. The normalized spacial score (nSPS) is 19.8. The molecule has 3 rings (SSSR count). The summed E-state index contributed by atoms with van der Waals surface area (Å²) in [4.78, 5) is 19.2. The average molecular weight is 273 g/mol. The molecule has 1 N–H and O–H groups in total. The molecule has 1 aromatic rings. The minimum absolute atomic E-state index is 0.222. The van der Waals surface area contributed by atoms with Crippen molar-refractivity contribution in [2.24, 2.45) is 5.92 Å². The van der Waals surface area contributed by atoms with E-state index in [1.54, 1.807) is 0 Å². The Morgan fingerprint density at radius 3 is 3.00 bits per heavy atom. The van der Waals surface area contributed by atoms with Crippen LogP contribution in [0.1, 0.15) is 36.6 Å². The van der Waals surface area contributed by atoms with Gasteiger partial charge in [-0.05, 0) is 43.5 Å². The van der Waals surface area contributed by atoms with Crippen molar-refractivity contribution in [3.8, 4) is 0 Å². The third-order valence-corrected chi connectivity index (χ3v) is 4.50. The summed E-state index contributed by atoms with van der Waals surface area (Å²) in [7, 11) is 0. The molecular formula is C16H23N3O. The van der Waals surface area contributed by atoms with Crippen LogP contribution in [0.5, 0.6) is 0 Å². The second kappa shape index (κ2) is 5.92. The lowest BCUT2D eigenvalue weighted by Crippen LogP contribution is -2.43. The van der Waals surface area contributed by atoms with Crippen LogP contribution in [0.25, 0.3) is 0 Å². The number of pyridine rings is 1. The van der Waals surface area contributed by atoms with Crippen LogP contribution in [0, 0.1) is 5.92 Å². The molecule has 1 aromatic heterocycles. The van der Waals surface area contributed by atoms with Crippen molar-refractivity contribution in [3.05, 3.63) is 29.1 Å². The Morgan fingerprint density at radius 2 is 2.25 bits per heavy atom. The highest BCUT2D eigenvalue weighted by Gasteiger charge is 2.28. The first-order valence-corrected chi connectivity index (χ1v) is 7.74. The fourth-order valence-electron chi connectivity index (χ4n) is 3.18. The maximum atomic E-state index is 12.6. The Hall–Kier alpha value is -1.42. The molecule has 0 atom stereocenters. The fraction of sp³-hybridized carbons (Fsp3) is 0.625. The van der Waals surface area contributed by atoms with Gasteiger partial charge in [0.2, 0.25) is 5.91 Å². The predicted octanol–water partition coefficient (Wildman–Crippen LogP) is 1.53. The van der Waals surface area contributed by atoms with Crippen LogP contribution in [0.15, 0.2) is 12.3 Å². The highest BCUT2D eigenvalue weighted by Crippen LogP contribution is 2.22. The monoisotopic (exact) mass is 273 g/mol. The maximum absolute atomic E-state index is 12.6. The number of carbonyl (C=O) groups excluding carboxylic acids is 1. The highest BCUT2D eigenvalue weighted by molar-refractivity contribution is 5.79. The highest BCUT2D eigenvalue weighted by atomic mass is 16.2. The minimum Gasteiger partial charge on any atom is -0.338 e. The average Bonchev–Trinajstić information content (AvgIpc) is 2.54. The lowest BCUT2D eigenvalue weighted by Gasteiger charge is -2.33. The van der Waals surface area contributed by atoms with E-state index in [1.165, 1.54) is 16.8 Å². The number of hydrogen-bond donors (Lipinski definition) is 1. The summed E-state index contributed by atoms with van der Waals surface area (Å²) < 4.78 is 0. The number of amides is 1. The first-order valence-electron chi connectivity index (χ1n) is 7.74. The molecule has 0 unspecified atom stereocenters. The van der Waals surface area contributed by atoms with Crippen molar-refractivity contribution < 1.29 is 4.79 Å². The fourth-order valence-corrected chi connectivity index (χ4v) is 3.18. The number of carbonyl (C=O) groups is 1. The standard InChI is InChI=1S/C16H23N3O/c1-2-12-9-14-11-19(8-5-15(14)18-10-12)16(20)13-3-6-17-7-4-13/h9-10,13,17H,2-8,11H2,1H3. The number of fused-ring (bicyclic) bond motifs is 1. The summed E-state index contributed by atoms with van der Waals surface area (Å²) in [5.41, 5.74) is 3.69. The van der Waals surface area contributed by atoms with E-state index in [-0.39, 0.29) is 5.92 Å². The second-order valence-corrected chi connectivity index (χ2v) is 5.84. The molecule has 1 amide bonds. The maximum Gasteiger partial charge on any atom is 0.226 e. The molecule has 1 saturated heterocycles. The summed E-state index contributed by atoms with van der Waals surface area (Å²) in [6.07, 6.45) is 5.84. The number of piperidine rings is 1. The van der Waals surface area contributed by atoms with E-state index in [4.69, 9.17) is 0 Å². The van der Waals surface area contributed by atoms with Gasteiger partial charge < -0.3 is 10.2 Å².